The number of benzene rings is 1. The predicted octanol–water partition coefficient (Wildman–Crippen LogP) is 4.51. The quantitative estimate of drug-likeness (QED) is 0.264. The summed E-state index contributed by atoms with van der Waals surface area (Å²) in [6, 6.07) is 4.26. The Hall–Kier alpha value is -2.09. The number of carboxylic acids is 1. The van der Waals surface area contributed by atoms with E-state index in [0.29, 0.717) is 18.0 Å². The molecule has 0 aromatic heterocycles. The molecule has 4 saturated carbocycles. The topological polar surface area (TPSA) is 130 Å². The summed E-state index contributed by atoms with van der Waals surface area (Å²) in [6.45, 7) is 8.96. The highest BCUT2D eigenvalue weighted by Crippen LogP contribution is 2.72. The third kappa shape index (κ3) is 4.23. The maximum absolute atomic E-state index is 12.0. The van der Waals surface area contributed by atoms with Crippen molar-refractivity contribution in [3.8, 4) is 11.5 Å². The van der Waals surface area contributed by atoms with Gasteiger partial charge in [-0.05, 0) is 111 Å². The molecule has 0 saturated heterocycles. The number of carboxylic acid groups (broad SMARTS) is 1. The minimum absolute atomic E-state index is 0.107. The number of rotatable bonds is 4. The number of phenolic OH excluding ortho intramolecular Hbond substituents is 2. The molecule has 7 heteroatoms. The summed E-state index contributed by atoms with van der Waals surface area (Å²) in [4.78, 5) is 12.0. The second-order valence-corrected chi connectivity index (χ2v) is 12.4. The highest BCUT2D eigenvalue weighted by atomic mass is 16.4. The van der Waals surface area contributed by atoms with Crippen LogP contribution in [0, 0.1) is 28.1 Å². The molecule has 200 valence electrons. The minimum atomic E-state index is -0.670. The van der Waals surface area contributed by atoms with Crippen LogP contribution in [-0.2, 0) is 4.79 Å². The first-order valence-electron chi connectivity index (χ1n) is 13.3. The standard InChI is InChI=1S/C20H30O3.C9H13NO3/c1-13-11-19-9-5-14-17(2,7-4-8-18(14,3)16(21)22)15(19)6-10-20(13,23)12-19;1-10-5-9(13)6-2-3-7(11)8(12)4-6/h14-15,23H,1,4-12H2,2-3H3,(H,21,22);2-4,9-13H,5H2,1H3/t14-,15-,17+,18+,19+,20-;9-/m00/s1. The predicted molar refractivity (Wildman–Crippen MR) is 138 cm³/mol. The largest absolute Gasteiger partial charge is 0.504 e. The van der Waals surface area contributed by atoms with Crippen molar-refractivity contribution in [2.24, 2.45) is 28.1 Å². The van der Waals surface area contributed by atoms with E-state index in [4.69, 9.17) is 10.2 Å². The van der Waals surface area contributed by atoms with E-state index in [2.05, 4.69) is 18.8 Å². The first-order chi connectivity index (χ1) is 16.8. The smallest absolute Gasteiger partial charge is 0.309 e. The van der Waals surface area contributed by atoms with Gasteiger partial charge in [-0.1, -0.05) is 26.0 Å². The van der Waals surface area contributed by atoms with Gasteiger partial charge in [-0.2, -0.15) is 0 Å². The van der Waals surface area contributed by atoms with Crippen molar-refractivity contribution in [2.75, 3.05) is 13.6 Å². The van der Waals surface area contributed by atoms with Gasteiger partial charge in [0.2, 0.25) is 0 Å². The Labute approximate surface area is 214 Å². The lowest BCUT2D eigenvalue weighted by atomic mass is 9.41. The zero-order valence-electron chi connectivity index (χ0n) is 21.9. The van der Waals surface area contributed by atoms with E-state index in [1.807, 2.05) is 6.92 Å². The van der Waals surface area contributed by atoms with Crippen LogP contribution in [0.25, 0.3) is 0 Å². The number of aliphatic carboxylic acids is 1. The number of phenols is 2. The molecule has 1 aromatic rings. The lowest BCUT2D eigenvalue weighted by Crippen LogP contribution is -2.59. The lowest BCUT2D eigenvalue weighted by Gasteiger charge is -2.63. The normalized spacial score (nSPS) is 39.9. The first-order valence-corrected chi connectivity index (χ1v) is 13.3. The summed E-state index contributed by atoms with van der Waals surface area (Å²) in [5.74, 6) is -0.176. The zero-order valence-corrected chi connectivity index (χ0v) is 21.9. The summed E-state index contributed by atoms with van der Waals surface area (Å²) in [6.07, 6.45) is 8.08. The number of fused-ring (bicyclic) bond motifs is 3. The SMILES string of the molecule is C=C1C[C@@]23CC[C@H]4[C@@](C)(CCC[C@@]4(C)C(=O)O)[C@@H]2CC[C@]1(O)C3.CNC[C@H](O)c1ccc(O)c(O)c1. The highest BCUT2D eigenvalue weighted by molar-refractivity contribution is 5.75. The fraction of sp³-hybridized carbons (Fsp3) is 0.690. The summed E-state index contributed by atoms with van der Waals surface area (Å²) < 4.78 is 0. The number of hydrogen-bond acceptors (Lipinski definition) is 6. The molecule has 36 heavy (non-hydrogen) atoms. The number of nitrogens with one attached hydrogen (secondary N) is 1. The van der Waals surface area contributed by atoms with Crippen molar-refractivity contribution in [3.63, 3.8) is 0 Å². The molecular weight excluding hydrogens is 458 g/mol. The maximum Gasteiger partial charge on any atom is 0.309 e. The molecule has 0 radical (unpaired) electrons. The fourth-order valence-corrected chi connectivity index (χ4v) is 8.67. The molecule has 7 atom stereocenters. The number of aliphatic hydroxyl groups excluding tert-OH is 1. The Morgan fingerprint density at radius 1 is 1.11 bits per heavy atom. The van der Waals surface area contributed by atoms with Crippen LogP contribution in [0.5, 0.6) is 11.5 Å². The molecule has 1 spiro atoms. The van der Waals surface area contributed by atoms with Crippen LogP contribution in [-0.4, -0.2) is 50.7 Å². The molecule has 4 aliphatic carbocycles. The number of likely N-dealkylation sites (N-methyl/N-ethyl adjacent to an activating group) is 1. The molecule has 2 bridgehead atoms. The van der Waals surface area contributed by atoms with Gasteiger partial charge in [0.1, 0.15) is 0 Å². The van der Waals surface area contributed by atoms with Gasteiger partial charge in [0.15, 0.2) is 11.5 Å². The molecule has 0 unspecified atom stereocenters. The van der Waals surface area contributed by atoms with Crippen LogP contribution in [0.4, 0.5) is 0 Å². The zero-order chi connectivity index (χ0) is 26.5. The molecule has 0 aliphatic heterocycles. The van der Waals surface area contributed by atoms with E-state index in [9.17, 15) is 20.1 Å². The van der Waals surface area contributed by atoms with E-state index in [0.717, 1.165) is 63.4 Å². The van der Waals surface area contributed by atoms with E-state index in [-0.39, 0.29) is 28.2 Å². The van der Waals surface area contributed by atoms with Crippen molar-refractivity contribution in [3.05, 3.63) is 35.9 Å². The number of carbonyl (C=O) groups is 1. The lowest BCUT2D eigenvalue weighted by molar-refractivity contribution is -0.186. The van der Waals surface area contributed by atoms with Crippen LogP contribution >= 0.6 is 0 Å². The first kappa shape index (κ1) is 27.0. The Kier molecular flexibility index (Phi) is 6.99. The molecule has 6 N–H and O–H groups in total. The fourth-order valence-electron chi connectivity index (χ4n) is 8.67. The third-order valence-corrected chi connectivity index (χ3v) is 10.4. The third-order valence-electron chi connectivity index (χ3n) is 10.4. The van der Waals surface area contributed by atoms with Crippen molar-refractivity contribution in [1.82, 2.24) is 5.32 Å². The van der Waals surface area contributed by atoms with Gasteiger partial charge < -0.3 is 30.8 Å². The van der Waals surface area contributed by atoms with Crippen LogP contribution in [0.2, 0.25) is 0 Å². The Morgan fingerprint density at radius 3 is 2.44 bits per heavy atom. The molecule has 1 aromatic carbocycles. The van der Waals surface area contributed by atoms with Gasteiger partial charge in [-0.15, -0.1) is 0 Å². The number of hydrogen-bond donors (Lipinski definition) is 6. The summed E-state index contributed by atoms with van der Waals surface area (Å²) in [5.41, 5.74) is 0.702. The van der Waals surface area contributed by atoms with Crippen molar-refractivity contribution in [2.45, 2.75) is 83.3 Å². The van der Waals surface area contributed by atoms with E-state index in [1.165, 1.54) is 12.1 Å². The highest BCUT2D eigenvalue weighted by Gasteiger charge is 2.67. The van der Waals surface area contributed by atoms with Crippen LogP contribution in [0.1, 0.15) is 83.3 Å². The molecular formula is C29H43NO6. The number of aromatic hydroxyl groups is 2. The molecule has 7 nitrogen and oxygen atoms in total. The summed E-state index contributed by atoms with van der Waals surface area (Å²) in [5, 5.41) is 51.2. The van der Waals surface area contributed by atoms with E-state index >= 15 is 0 Å². The summed E-state index contributed by atoms with van der Waals surface area (Å²) >= 11 is 0. The van der Waals surface area contributed by atoms with Gasteiger partial charge >= 0.3 is 5.97 Å². The van der Waals surface area contributed by atoms with Crippen molar-refractivity contribution < 1.29 is 30.3 Å². The van der Waals surface area contributed by atoms with Crippen molar-refractivity contribution in [1.29, 1.82) is 0 Å². The molecule has 4 fully saturated rings. The molecule has 0 amide bonds. The van der Waals surface area contributed by atoms with Gasteiger partial charge in [0.05, 0.1) is 17.1 Å². The monoisotopic (exact) mass is 501 g/mol. The van der Waals surface area contributed by atoms with Crippen LogP contribution in [0.15, 0.2) is 30.4 Å². The van der Waals surface area contributed by atoms with E-state index < -0.39 is 23.1 Å². The Balaban J connectivity index is 0.000000200. The maximum atomic E-state index is 12.0. The van der Waals surface area contributed by atoms with Crippen LogP contribution < -0.4 is 5.32 Å². The van der Waals surface area contributed by atoms with Gasteiger partial charge in [-0.25, -0.2) is 0 Å². The van der Waals surface area contributed by atoms with Gasteiger partial charge in [0, 0.05) is 6.54 Å². The molecule has 0 heterocycles. The van der Waals surface area contributed by atoms with Crippen LogP contribution in [0.3, 0.4) is 0 Å². The summed E-state index contributed by atoms with van der Waals surface area (Å²) in [7, 11) is 1.73. The van der Waals surface area contributed by atoms with E-state index in [1.54, 1.807) is 13.1 Å². The average Bonchev–Trinajstić information content (AvgIpc) is 2.99. The van der Waals surface area contributed by atoms with Gasteiger partial charge in [0.25, 0.3) is 0 Å². The minimum Gasteiger partial charge on any atom is -0.504 e. The second-order valence-electron chi connectivity index (χ2n) is 12.4. The Morgan fingerprint density at radius 2 is 1.81 bits per heavy atom. The Bertz CT molecular complexity index is 1030. The second kappa shape index (κ2) is 9.34. The molecule has 5 rings (SSSR count). The number of aliphatic hydroxyl groups is 2. The average molecular weight is 502 g/mol. The van der Waals surface area contributed by atoms with Crippen molar-refractivity contribution >= 4 is 5.97 Å². The molecule has 4 aliphatic rings. The van der Waals surface area contributed by atoms with Gasteiger partial charge in [-0.3, -0.25) is 4.79 Å².